The molecule has 0 spiro atoms. The summed E-state index contributed by atoms with van der Waals surface area (Å²) in [5, 5.41) is 1.72. The van der Waals surface area contributed by atoms with Gasteiger partial charge in [0, 0.05) is 19.4 Å². The molecule has 0 unspecified atom stereocenters. The molecule has 1 heterocycles. The molecule has 26 heavy (non-hydrogen) atoms. The van der Waals surface area contributed by atoms with Gasteiger partial charge < -0.3 is 10.1 Å². The molecule has 1 N–H and O–H groups in total. The van der Waals surface area contributed by atoms with E-state index in [9.17, 15) is 14.4 Å². The van der Waals surface area contributed by atoms with E-state index in [1.165, 1.54) is 29.9 Å². The van der Waals surface area contributed by atoms with Gasteiger partial charge in [-0.3, -0.25) is 19.3 Å². The Labute approximate surface area is 156 Å². The van der Waals surface area contributed by atoms with Gasteiger partial charge in [-0.15, -0.1) is 0 Å². The molecule has 6 nitrogen and oxygen atoms in total. The monoisotopic (exact) mass is 376 g/mol. The smallest absolute Gasteiger partial charge is 0.304 e. The van der Waals surface area contributed by atoms with Crippen LogP contribution in [0.1, 0.15) is 34.6 Å². The van der Waals surface area contributed by atoms with Gasteiger partial charge in [0.25, 0.3) is 5.91 Å². The highest BCUT2D eigenvalue weighted by atomic mass is 28.3. The van der Waals surface area contributed by atoms with Crippen LogP contribution in [-0.2, 0) is 19.1 Å². The first kappa shape index (κ1) is 20.2. The van der Waals surface area contributed by atoms with Crippen LogP contribution in [0.2, 0.25) is 13.1 Å². The van der Waals surface area contributed by atoms with E-state index < -0.39 is 31.7 Å². The molecule has 1 aliphatic heterocycles. The number of nitrogens with one attached hydrogen (secondary N) is 1. The van der Waals surface area contributed by atoms with E-state index >= 15 is 0 Å². The number of rotatable bonds is 3. The minimum Gasteiger partial charge on any atom is -0.439 e. The van der Waals surface area contributed by atoms with Gasteiger partial charge in [-0.2, -0.15) is 0 Å². The summed E-state index contributed by atoms with van der Waals surface area (Å²) in [4.78, 5) is 37.0. The summed E-state index contributed by atoms with van der Waals surface area (Å²) in [6.07, 6.45) is -0.719. The van der Waals surface area contributed by atoms with E-state index in [0.29, 0.717) is 0 Å². The summed E-state index contributed by atoms with van der Waals surface area (Å²) in [5.41, 5.74) is 2.38. The molecule has 142 valence electrons. The Morgan fingerprint density at radius 2 is 1.73 bits per heavy atom. The molecule has 0 aromatic rings. The van der Waals surface area contributed by atoms with Gasteiger partial charge in [0.2, 0.25) is 12.1 Å². The lowest BCUT2D eigenvalue weighted by molar-refractivity contribution is -0.209. The predicted octanol–water partition coefficient (Wildman–Crippen LogP) is 2.08. The van der Waals surface area contributed by atoms with Crippen LogP contribution >= 0.6 is 0 Å². The minimum atomic E-state index is -1.66. The van der Waals surface area contributed by atoms with Crippen molar-refractivity contribution < 1.29 is 19.1 Å². The van der Waals surface area contributed by atoms with E-state index in [2.05, 4.69) is 29.6 Å². The normalized spacial score (nSPS) is 22.8. The Kier molecular flexibility index (Phi) is 5.33. The van der Waals surface area contributed by atoms with Crippen LogP contribution in [0.3, 0.4) is 0 Å². The van der Waals surface area contributed by atoms with Crippen LogP contribution in [-0.4, -0.2) is 48.4 Å². The topological polar surface area (TPSA) is 75.7 Å². The first-order valence-electron chi connectivity index (χ1n) is 8.81. The Hall–Kier alpha value is -2.15. The predicted molar refractivity (Wildman–Crippen MR) is 103 cm³/mol. The van der Waals surface area contributed by atoms with E-state index in [4.69, 9.17) is 4.74 Å². The zero-order valence-corrected chi connectivity index (χ0v) is 17.7. The summed E-state index contributed by atoms with van der Waals surface area (Å²) >= 11 is 0. The van der Waals surface area contributed by atoms with Crippen molar-refractivity contribution >= 4 is 26.6 Å². The molecule has 0 radical (unpaired) electrons. The van der Waals surface area contributed by atoms with Crippen LogP contribution in [0, 0.1) is 0 Å². The zero-order valence-electron chi connectivity index (χ0n) is 16.5. The molecule has 2 amide bonds. The highest BCUT2D eigenvalue weighted by molar-refractivity contribution is 6.66. The summed E-state index contributed by atoms with van der Waals surface area (Å²) < 4.78 is 5.36. The zero-order chi connectivity index (χ0) is 19.9. The lowest BCUT2D eigenvalue weighted by atomic mass is 9.93. The SMILES string of the molecule is CC(=O)N[C@@]1([SiH](C)C)C(=O)N(C(C)(C)C)[C@H]1OC(C)=O.c1cc2cc-2c1. The molecular formula is C19H28N2O4Si. The fourth-order valence-corrected chi connectivity index (χ4v) is 5.18. The van der Waals surface area contributed by atoms with Gasteiger partial charge in [-0.25, -0.2) is 0 Å². The Morgan fingerprint density at radius 1 is 1.19 bits per heavy atom. The highest BCUT2D eigenvalue weighted by Crippen LogP contribution is 2.39. The molecule has 7 heteroatoms. The van der Waals surface area contributed by atoms with Gasteiger partial charge >= 0.3 is 5.97 Å². The van der Waals surface area contributed by atoms with Crippen molar-refractivity contribution in [2.24, 2.45) is 0 Å². The molecule has 2 atom stereocenters. The maximum absolute atomic E-state index is 12.7. The van der Waals surface area contributed by atoms with Crippen molar-refractivity contribution in [1.29, 1.82) is 0 Å². The number of carbonyl (C=O) groups excluding carboxylic acids is 3. The minimum absolute atomic E-state index is 0.159. The Balaban J connectivity index is 0.000000331. The lowest BCUT2D eigenvalue weighted by Gasteiger charge is -2.60. The van der Waals surface area contributed by atoms with Crippen LogP contribution in [0.25, 0.3) is 11.1 Å². The van der Waals surface area contributed by atoms with Crippen molar-refractivity contribution in [2.75, 3.05) is 0 Å². The Morgan fingerprint density at radius 3 is 2.00 bits per heavy atom. The quantitative estimate of drug-likeness (QED) is 0.506. The molecule has 0 saturated carbocycles. The third-order valence-electron chi connectivity index (χ3n) is 4.60. The number of esters is 1. The molecule has 0 aromatic carbocycles. The number of nitrogens with zero attached hydrogens (tertiary/aromatic N) is 1. The number of benzene rings is 1. The van der Waals surface area contributed by atoms with Crippen molar-refractivity contribution in [3.63, 3.8) is 0 Å². The largest absolute Gasteiger partial charge is 0.439 e. The second kappa shape index (κ2) is 6.87. The third kappa shape index (κ3) is 3.67. The van der Waals surface area contributed by atoms with E-state index in [-0.39, 0.29) is 11.8 Å². The van der Waals surface area contributed by atoms with Gasteiger partial charge in [0.05, 0.1) is 8.80 Å². The molecule has 2 aliphatic carbocycles. The van der Waals surface area contributed by atoms with Crippen molar-refractivity contribution in [1.82, 2.24) is 10.2 Å². The average molecular weight is 377 g/mol. The lowest BCUT2D eigenvalue weighted by Crippen LogP contribution is -2.87. The maximum Gasteiger partial charge on any atom is 0.304 e. The van der Waals surface area contributed by atoms with Crippen molar-refractivity contribution in [3.05, 3.63) is 24.3 Å². The maximum atomic E-state index is 12.7. The average Bonchev–Trinajstić information content (AvgIpc) is 3.08. The molecule has 3 rings (SSSR count). The molecule has 1 fully saturated rings. The summed E-state index contributed by atoms with van der Waals surface area (Å²) in [7, 11) is -1.66. The van der Waals surface area contributed by atoms with Crippen LogP contribution in [0.15, 0.2) is 24.3 Å². The molecule has 1 saturated heterocycles. The second-order valence-corrected chi connectivity index (χ2v) is 11.3. The fraction of sp³-hybridized carbons (Fsp3) is 0.526. The second-order valence-electron chi connectivity index (χ2n) is 8.09. The summed E-state index contributed by atoms with van der Waals surface area (Å²) in [6.45, 7) is 12.2. The third-order valence-corrected chi connectivity index (χ3v) is 7.10. The number of likely N-dealkylation sites (tertiary alicyclic amines) is 1. The summed E-state index contributed by atoms with van der Waals surface area (Å²) in [5.74, 6) is -0.903. The van der Waals surface area contributed by atoms with Gasteiger partial charge in [0.15, 0.2) is 5.16 Å². The molecule has 3 aliphatic rings. The number of carbonyl (C=O) groups is 3. The molecule has 0 bridgehead atoms. The highest BCUT2D eigenvalue weighted by Gasteiger charge is 2.67. The van der Waals surface area contributed by atoms with Gasteiger partial charge in [-0.1, -0.05) is 31.3 Å². The van der Waals surface area contributed by atoms with Crippen molar-refractivity contribution in [3.8, 4) is 11.1 Å². The van der Waals surface area contributed by atoms with Crippen LogP contribution < -0.4 is 5.32 Å². The summed E-state index contributed by atoms with van der Waals surface area (Å²) in [6, 6.07) is 8.48. The number of hydrogen-bond acceptors (Lipinski definition) is 4. The first-order chi connectivity index (χ1) is 11.9. The first-order valence-corrected chi connectivity index (χ1v) is 11.7. The van der Waals surface area contributed by atoms with Gasteiger partial charge in [0.1, 0.15) is 0 Å². The molecular weight excluding hydrogens is 348 g/mol. The van der Waals surface area contributed by atoms with Crippen molar-refractivity contribution in [2.45, 2.75) is 64.6 Å². The van der Waals surface area contributed by atoms with E-state index in [1.54, 1.807) is 0 Å². The molecule has 0 aromatic heterocycles. The number of β-lactam (4-membered cyclic amide) rings is 1. The fourth-order valence-electron chi connectivity index (χ4n) is 3.27. The number of hydrogen-bond donors (Lipinski definition) is 1. The van der Waals surface area contributed by atoms with E-state index in [1.807, 2.05) is 33.9 Å². The number of amides is 2. The van der Waals surface area contributed by atoms with Crippen LogP contribution in [0.4, 0.5) is 0 Å². The number of fused-ring (bicyclic) bond motifs is 1. The number of ether oxygens (including phenoxy) is 1. The Bertz CT molecular complexity index is 724. The van der Waals surface area contributed by atoms with E-state index in [0.717, 1.165) is 0 Å². The standard InChI is InChI=1S/C13H24N2O4Si.C6H4/c1-8(16)14-13(20(6)7)10(18)15(12(3,4)5)11(13)19-9(2)17;1-2-5-4-6(5)3-1/h11,20H,1-7H3,(H,14,16);1-4H/t11-,13+;/m0./s1. The van der Waals surface area contributed by atoms with Crippen LogP contribution in [0.5, 0.6) is 0 Å². The van der Waals surface area contributed by atoms with Gasteiger partial charge in [-0.05, 0) is 38.0 Å².